The molecule has 0 aliphatic carbocycles. The summed E-state index contributed by atoms with van der Waals surface area (Å²) in [6.45, 7) is 9.12. The van der Waals surface area contributed by atoms with Crippen molar-refractivity contribution in [2.24, 2.45) is 0 Å². The summed E-state index contributed by atoms with van der Waals surface area (Å²) in [6, 6.07) is 7.89. The van der Waals surface area contributed by atoms with Gasteiger partial charge >= 0.3 is 0 Å². The lowest BCUT2D eigenvalue weighted by molar-refractivity contribution is 0.266. The first-order valence-electron chi connectivity index (χ1n) is 7.34. The number of benzene rings is 1. The van der Waals surface area contributed by atoms with Crippen molar-refractivity contribution >= 4 is 15.9 Å². The van der Waals surface area contributed by atoms with Gasteiger partial charge in [0.05, 0.1) is 11.6 Å². The number of nitrogens with zero attached hydrogens (tertiary/aromatic N) is 1. The minimum Gasteiger partial charge on any atom is -0.496 e. The van der Waals surface area contributed by atoms with Crippen molar-refractivity contribution in [3.05, 3.63) is 28.2 Å². The highest BCUT2D eigenvalue weighted by molar-refractivity contribution is 9.10. The third kappa shape index (κ3) is 3.74. The molecule has 1 saturated heterocycles. The van der Waals surface area contributed by atoms with Gasteiger partial charge in [0.2, 0.25) is 0 Å². The molecule has 4 heteroatoms. The number of rotatable bonds is 5. The molecule has 112 valence electrons. The van der Waals surface area contributed by atoms with Crippen LogP contribution in [0.4, 0.5) is 0 Å². The highest BCUT2D eigenvalue weighted by Gasteiger charge is 2.25. The Kier molecular flexibility index (Phi) is 5.47. The van der Waals surface area contributed by atoms with Crippen LogP contribution in [0.15, 0.2) is 22.7 Å². The highest BCUT2D eigenvalue weighted by atomic mass is 79.9. The second kappa shape index (κ2) is 6.92. The molecular weight excluding hydrogens is 316 g/mol. The lowest BCUT2D eigenvalue weighted by atomic mass is 10.1. The van der Waals surface area contributed by atoms with Crippen molar-refractivity contribution in [2.75, 3.05) is 20.2 Å². The summed E-state index contributed by atoms with van der Waals surface area (Å²) in [4.78, 5) is 2.54. The molecule has 0 aromatic heterocycles. The Bertz CT molecular complexity index is 450. The fourth-order valence-electron chi connectivity index (χ4n) is 2.79. The monoisotopic (exact) mass is 340 g/mol. The average Bonchev–Trinajstić information content (AvgIpc) is 2.87. The molecule has 0 amide bonds. The number of hydrogen-bond donors (Lipinski definition) is 1. The Morgan fingerprint density at radius 3 is 2.65 bits per heavy atom. The molecule has 1 aliphatic heterocycles. The molecule has 0 radical (unpaired) electrons. The molecule has 1 aliphatic rings. The zero-order chi connectivity index (χ0) is 14.7. The molecule has 20 heavy (non-hydrogen) atoms. The van der Waals surface area contributed by atoms with Gasteiger partial charge in [-0.3, -0.25) is 4.90 Å². The van der Waals surface area contributed by atoms with Crippen LogP contribution < -0.4 is 10.1 Å². The van der Waals surface area contributed by atoms with Crippen molar-refractivity contribution in [3.8, 4) is 5.75 Å². The van der Waals surface area contributed by atoms with Crippen LogP contribution in [0.1, 0.15) is 38.8 Å². The minimum atomic E-state index is 0.356. The number of methoxy groups -OCH3 is 1. The van der Waals surface area contributed by atoms with Gasteiger partial charge in [0.25, 0.3) is 0 Å². The smallest absolute Gasteiger partial charge is 0.133 e. The SMILES string of the molecule is COc1ccc(C(C)NC2CCN(C(C)C)C2)cc1Br. The van der Waals surface area contributed by atoms with Gasteiger partial charge in [-0.25, -0.2) is 0 Å². The normalized spacial score (nSPS) is 21.4. The molecule has 1 aromatic rings. The molecule has 1 aromatic carbocycles. The quantitative estimate of drug-likeness (QED) is 0.886. The number of ether oxygens (including phenoxy) is 1. The number of likely N-dealkylation sites (tertiary alicyclic amines) is 1. The lowest BCUT2D eigenvalue weighted by Gasteiger charge is -2.23. The molecule has 2 rings (SSSR count). The van der Waals surface area contributed by atoms with E-state index in [0.717, 1.165) is 16.8 Å². The van der Waals surface area contributed by atoms with Crippen LogP contribution in [-0.2, 0) is 0 Å². The van der Waals surface area contributed by atoms with E-state index in [1.807, 2.05) is 6.07 Å². The van der Waals surface area contributed by atoms with Gasteiger partial charge in [-0.1, -0.05) is 6.07 Å². The third-order valence-corrected chi connectivity index (χ3v) is 4.73. The maximum atomic E-state index is 5.28. The number of halogens is 1. The van der Waals surface area contributed by atoms with E-state index in [0.29, 0.717) is 18.1 Å². The fraction of sp³-hybridized carbons (Fsp3) is 0.625. The van der Waals surface area contributed by atoms with E-state index < -0.39 is 0 Å². The van der Waals surface area contributed by atoms with Crippen LogP contribution >= 0.6 is 15.9 Å². The van der Waals surface area contributed by atoms with E-state index >= 15 is 0 Å². The standard InChI is InChI=1S/C16H25BrN2O/c1-11(2)19-8-7-14(10-19)18-12(3)13-5-6-16(20-4)15(17)9-13/h5-6,9,11-12,14,18H,7-8,10H2,1-4H3. The van der Waals surface area contributed by atoms with Gasteiger partial charge in [-0.15, -0.1) is 0 Å². The van der Waals surface area contributed by atoms with E-state index in [2.05, 4.69) is 59.1 Å². The minimum absolute atomic E-state index is 0.356. The van der Waals surface area contributed by atoms with Crippen LogP contribution in [0.3, 0.4) is 0 Å². The summed E-state index contributed by atoms with van der Waals surface area (Å²) >= 11 is 3.56. The maximum Gasteiger partial charge on any atom is 0.133 e. The van der Waals surface area contributed by atoms with Gasteiger partial charge < -0.3 is 10.1 Å². The predicted octanol–water partition coefficient (Wildman–Crippen LogP) is 3.59. The van der Waals surface area contributed by atoms with Crippen LogP contribution in [0.25, 0.3) is 0 Å². The van der Waals surface area contributed by atoms with Gasteiger partial charge in [0.15, 0.2) is 0 Å². The van der Waals surface area contributed by atoms with Crippen LogP contribution in [0.2, 0.25) is 0 Å². The van der Waals surface area contributed by atoms with Gasteiger partial charge in [-0.2, -0.15) is 0 Å². The molecular formula is C16H25BrN2O. The van der Waals surface area contributed by atoms with E-state index in [1.165, 1.54) is 18.5 Å². The molecule has 0 spiro atoms. The number of nitrogens with one attached hydrogen (secondary N) is 1. The first-order chi connectivity index (χ1) is 9.51. The number of hydrogen-bond acceptors (Lipinski definition) is 3. The Morgan fingerprint density at radius 1 is 1.35 bits per heavy atom. The predicted molar refractivity (Wildman–Crippen MR) is 87.4 cm³/mol. The van der Waals surface area contributed by atoms with E-state index in [4.69, 9.17) is 4.74 Å². The van der Waals surface area contributed by atoms with Crippen LogP contribution in [0, 0.1) is 0 Å². The molecule has 1 N–H and O–H groups in total. The molecule has 1 heterocycles. The van der Waals surface area contributed by atoms with Crippen molar-refractivity contribution < 1.29 is 4.74 Å². The van der Waals surface area contributed by atoms with Crippen molar-refractivity contribution in [1.82, 2.24) is 10.2 Å². The molecule has 2 atom stereocenters. The van der Waals surface area contributed by atoms with Crippen molar-refractivity contribution in [1.29, 1.82) is 0 Å². The Hall–Kier alpha value is -0.580. The third-order valence-electron chi connectivity index (χ3n) is 4.11. The summed E-state index contributed by atoms with van der Waals surface area (Å²) in [7, 11) is 1.69. The Labute approximate surface area is 130 Å². The Morgan fingerprint density at radius 2 is 2.10 bits per heavy atom. The zero-order valence-electron chi connectivity index (χ0n) is 12.8. The molecule has 3 nitrogen and oxygen atoms in total. The molecule has 0 bridgehead atoms. The first-order valence-corrected chi connectivity index (χ1v) is 8.14. The molecule has 0 saturated carbocycles. The fourth-order valence-corrected chi connectivity index (χ4v) is 3.35. The summed E-state index contributed by atoms with van der Waals surface area (Å²) in [5.41, 5.74) is 1.29. The zero-order valence-corrected chi connectivity index (χ0v) is 14.4. The van der Waals surface area contributed by atoms with Crippen LogP contribution in [0.5, 0.6) is 5.75 Å². The summed E-state index contributed by atoms with van der Waals surface area (Å²) < 4.78 is 6.29. The van der Waals surface area contributed by atoms with Gasteiger partial charge in [-0.05, 0) is 67.4 Å². The van der Waals surface area contributed by atoms with E-state index in [-0.39, 0.29) is 0 Å². The highest BCUT2D eigenvalue weighted by Crippen LogP contribution is 2.28. The Balaban J connectivity index is 1.95. The topological polar surface area (TPSA) is 24.5 Å². The molecule has 1 fully saturated rings. The first kappa shape index (κ1) is 15.8. The summed E-state index contributed by atoms with van der Waals surface area (Å²) in [6.07, 6.45) is 1.24. The largest absolute Gasteiger partial charge is 0.496 e. The maximum absolute atomic E-state index is 5.28. The second-order valence-corrected chi connectivity index (χ2v) is 6.71. The van der Waals surface area contributed by atoms with Crippen LogP contribution in [-0.4, -0.2) is 37.2 Å². The van der Waals surface area contributed by atoms with Crippen molar-refractivity contribution in [3.63, 3.8) is 0 Å². The van der Waals surface area contributed by atoms with Gasteiger partial charge in [0.1, 0.15) is 5.75 Å². The molecule has 2 unspecified atom stereocenters. The van der Waals surface area contributed by atoms with Gasteiger partial charge in [0, 0.05) is 24.7 Å². The van der Waals surface area contributed by atoms with Crippen molar-refractivity contribution in [2.45, 2.75) is 45.3 Å². The lowest BCUT2D eigenvalue weighted by Crippen LogP contribution is -2.36. The second-order valence-electron chi connectivity index (χ2n) is 5.86. The summed E-state index contributed by atoms with van der Waals surface area (Å²) in [5, 5.41) is 3.74. The van der Waals surface area contributed by atoms with E-state index in [1.54, 1.807) is 7.11 Å². The summed E-state index contributed by atoms with van der Waals surface area (Å²) in [5.74, 6) is 0.882. The van der Waals surface area contributed by atoms with E-state index in [9.17, 15) is 0 Å². The average molecular weight is 341 g/mol.